The molecule has 0 unspecified atom stereocenters. The molecule has 2 heteroatoms. The third kappa shape index (κ3) is 6.83. The standard InChI is InChI=1S/C33H50N2/c1-2-3-4-5-6-7-8-9-26-10-12-27(13-11-26)28-22-24-33(25-23-28,29-14-18-31(34)19-15-29)30-16-20-32(35)21-17-30/h14-21,26-28H,2-13,22-25,34-35H2,1H3. The first-order valence-corrected chi connectivity index (χ1v) is 14.8. The van der Waals surface area contributed by atoms with Crippen molar-refractivity contribution in [2.24, 2.45) is 17.8 Å². The van der Waals surface area contributed by atoms with Crippen LogP contribution in [0.5, 0.6) is 0 Å². The van der Waals surface area contributed by atoms with Crippen LogP contribution in [-0.2, 0) is 5.41 Å². The molecule has 4 rings (SSSR count). The lowest BCUT2D eigenvalue weighted by Gasteiger charge is -2.44. The molecule has 2 fully saturated rings. The van der Waals surface area contributed by atoms with Crippen LogP contribution in [0, 0.1) is 17.8 Å². The second kappa shape index (κ2) is 12.8. The molecule has 2 saturated carbocycles. The molecular formula is C33H50N2. The third-order valence-corrected chi connectivity index (χ3v) is 9.58. The van der Waals surface area contributed by atoms with Crippen LogP contribution in [0.25, 0.3) is 0 Å². The number of unbranched alkanes of at least 4 members (excludes halogenated alkanes) is 6. The average Bonchev–Trinajstić information content (AvgIpc) is 2.89. The Morgan fingerprint density at radius 2 is 1.06 bits per heavy atom. The Labute approximate surface area is 215 Å². The maximum atomic E-state index is 6.03. The van der Waals surface area contributed by atoms with Gasteiger partial charge >= 0.3 is 0 Å². The van der Waals surface area contributed by atoms with Crippen LogP contribution in [0.1, 0.15) is 121 Å². The zero-order chi connectivity index (χ0) is 24.5. The molecule has 2 aromatic carbocycles. The first-order valence-electron chi connectivity index (χ1n) is 14.8. The van der Waals surface area contributed by atoms with Gasteiger partial charge < -0.3 is 11.5 Å². The van der Waals surface area contributed by atoms with Crippen molar-refractivity contribution in [2.75, 3.05) is 11.5 Å². The summed E-state index contributed by atoms with van der Waals surface area (Å²) in [4.78, 5) is 0. The summed E-state index contributed by atoms with van der Waals surface area (Å²) in [7, 11) is 0. The first-order chi connectivity index (χ1) is 17.1. The van der Waals surface area contributed by atoms with E-state index >= 15 is 0 Å². The summed E-state index contributed by atoms with van der Waals surface area (Å²) in [6.07, 6.45) is 22.7. The van der Waals surface area contributed by atoms with Gasteiger partial charge in [-0.05, 0) is 91.7 Å². The normalized spacial score (nSPS) is 22.8. The van der Waals surface area contributed by atoms with E-state index in [9.17, 15) is 0 Å². The molecule has 4 N–H and O–H groups in total. The largest absolute Gasteiger partial charge is 0.399 e. The van der Waals surface area contributed by atoms with Crippen LogP contribution in [0.2, 0.25) is 0 Å². The number of hydrogen-bond acceptors (Lipinski definition) is 2. The molecule has 2 aromatic rings. The number of nitrogens with two attached hydrogens (primary N) is 2. The highest BCUT2D eigenvalue weighted by Gasteiger charge is 2.40. The molecule has 0 aliphatic heterocycles. The minimum Gasteiger partial charge on any atom is -0.399 e. The summed E-state index contributed by atoms with van der Waals surface area (Å²) in [5.41, 5.74) is 16.7. The fraction of sp³-hybridized carbons (Fsp3) is 0.636. The van der Waals surface area contributed by atoms with Gasteiger partial charge in [-0.25, -0.2) is 0 Å². The highest BCUT2D eigenvalue weighted by atomic mass is 14.6. The Hall–Kier alpha value is -1.96. The van der Waals surface area contributed by atoms with E-state index in [4.69, 9.17) is 11.5 Å². The monoisotopic (exact) mass is 474 g/mol. The summed E-state index contributed by atoms with van der Waals surface area (Å²) in [5.74, 6) is 2.87. The van der Waals surface area contributed by atoms with Crippen molar-refractivity contribution in [1.29, 1.82) is 0 Å². The van der Waals surface area contributed by atoms with Crippen molar-refractivity contribution >= 4 is 11.4 Å². The van der Waals surface area contributed by atoms with Crippen molar-refractivity contribution in [3.8, 4) is 0 Å². The molecule has 0 amide bonds. The van der Waals surface area contributed by atoms with Crippen LogP contribution in [0.4, 0.5) is 11.4 Å². The van der Waals surface area contributed by atoms with Crippen molar-refractivity contribution < 1.29 is 0 Å². The van der Waals surface area contributed by atoms with Gasteiger partial charge in [0.1, 0.15) is 0 Å². The van der Waals surface area contributed by atoms with Gasteiger partial charge in [0.05, 0.1) is 0 Å². The zero-order valence-electron chi connectivity index (χ0n) is 22.3. The van der Waals surface area contributed by atoms with E-state index in [2.05, 4.69) is 55.5 Å². The molecular weight excluding hydrogens is 424 g/mol. The number of hydrogen-bond donors (Lipinski definition) is 2. The van der Waals surface area contributed by atoms with Crippen LogP contribution >= 0.6 is 0 Å². The van der Waals surface area contributed by atoms with E-state index < -0.39 is 0 Å². The highest BCUT2D eigenvalue weighted by molar-refractivity contribution is 5.49. The van der Waals surface area contributed by atoms with Crippen molar-refractivity contribution in [2.45, 2.75) is 115 Å². The summed E-state index contributed by atoms with van der Waals surface area (Å²) in [6.45, 7) is 2.31. The molecule has 192 valence electrons. The lowest BCUT2D eigenvalue weighted by molar-refractivity contribution is 0.140. The van der Waals surface area contributed by atoms with E-state index in [0.29, 0.717) is 0 Å². The minimum atomic E-state index is 0.103. The fourth-order valence-corrected chi connectivity index (χ4v) is 7.29. The van der Waals surface area contributed by atoms with E-state index in [1.807, 2.05) is 0 Å². The van der Waals surface area contributed by atoms with E-state index in [0.717, 1.165) is 29.1 Å². The zero-order valence-corrected chi connectivity index (χ0v) is 22.3. The Morgan fingerprint density at radius 3 is 1.57 bits per heavy atom. The fourth-order valence-electron chi connectivity index (χ4n) is 7.29. The summed E-state index contributed by atoms with van der Waals surface area (Å²) in [5, 5.41) is 0. The van der Waals surface area contributed by atoms with E-state index in [1.54, 1.807) is 0 Å². The van der Waals surface area contributed by atoms with Gasteiger partial charge in [0.2, 0.25) is 0 Å². The maximum absolute atomic E-state index is 6.03. The van der Waals surface area contributed by atoms with Crippen LogP contribution in [0.15, 0.2) is 48.5 Å². The Kier molecular flexibility index (Phi) is 9.58. The van der Waals surface area contributed by atoms with Crippen molar-refractivity contribution in [1.82, 2.24) is 0 Å². The minimum absolute atomic E-state index is 0.103. The molecule has 0 aromatic heterocycles. The topological polar surface area (TPSA) is 52.0 Å². The Bertz CT molecular complexity index is 805. The van der Waals surface area contributed by atoms with Gasteiger partial charge in [-0.2, -0.15) is 0 Å². The third-order valence-electron chi connectivity index (χ3n) is 9.58. The van der Waals surface area contributed by atoms with Crippen molar-refractivity contribution in [3.05, 3.63) is 59.7 Å². The summed E-state index contributed by atoms with van der Waals surface area (Å²) in [6, 6.07) is 17.4. The van der Waals surface area contributed by atoms with Gasteiger partial charge in [0.25, 0.3) is 0 Å². The molecule has 0 spiro atoms. The molecule has 0 atom stereocenters. The lowest BCUT2D eigenvalue weighted by Crippen LogP contribution is -2.36. The lowest BCUT2D eigenvalue weighted by atomic mass is 9.60. The Morgan fingerprint density at radius 1 is 0.600 bits per heavy atom. The predicted octanol–water partition coefficient (Wildman–Crippen LogP) is 9.27. The molecule has 35 heavy (non-hydrogen) atoms. The number of benzene rings is 2. The quantitative estimate of drug-likeness (QED) is 0.252. The second-order valence-corrected chi connectivity index (χ2v) is 11.9. The molecule has 2 nitrogen and oxygen atoms in total. The molecule has 0 heterocycles. The van der Waals surface area contributed by atoms with Crippen LogP contribution in [0.3, 0.4) is 0 Å². The maximum Gasteiger partial charge on any atom is 0.0314 e. The van der Waals surface area contributed by atoms with Crippen molar-refractivity contribution in [3.63, 3.8) is 0 Å². The van der Waals surface area contributed by atoms with Gasteiger partial charge in [-0.3, -0.25) is 0 Å². The SMILES string of the molecule is CCCCCCCCCC1CCC(C2CCC(c3ccc(N)cc3)(c3ccc(N)cc3)CC2)CC1. The number of anilines is 2. The summed E-state index contributed by atoms with van der Waals surface area (Å²) < 4.78 is 0. The van der Waals surface area contributed by atoms with Gasteiger partial charge in [0, 0.05) is 16.8 Å². The van der Waals surface area contributed by atoms with E-state index in [-0.39, 0.29) is 5.41 Å². The molecule has 2 aliphatic carbocycles. The second-order valence-electron chi connectivity index (χ2n) is 11.9. The molecule has 0 radical (unpaired) electrons. The Balaban J connectivity index is 1.28. The van der Waals surface area contributed by atoms with Gasteiger partial charge in [-0.15, -0.1) is 0 Å². The smallest absolute Gasteiger partial charge is 0.0314 e. The molecule has 2 aliphatic rings. The average molecular weight is 475 g/mol. The summed E-state index contributed by atoms with van der Waals surface area (Å²) >= 11 is 0. The van der Waals surface area contributed by atoms with Gasteiger partial charge in [-0.1, -0.05) is 95.4 Å². The van der Waals surface area contributed by atoms with E-state index in [1.165, 1.54) is 114 Å². The molecule has 0 saturated heterocycles. The highest BCUT2D eigenvalue weighted by Crippen LogP contribution is 2.50. The molecule has 0 bridgehead atoms. The predicted molar refractivity (Wildman–Crippen MR) is 153 cm³/mol. The van der Waals surface area contributed by atoms with Crippen LogP contribution < -0.4 is 11.5 Å². The first kappa shape index (κ1) is 26.1. The number of rotatable bonds is 11. The van der Waals surface area contributed by atoms with Crippen LogP contribution in [-0.4, -0.2) is 0 Å². The van der Waals surface area contributed by atoms with Gasteiger partial charge in [0.15, 0.2) is 0 Å². The number of nitrogen functional groups attached to an aromatic ring is 2.